The van der Waals surface area contributed by atoms with Crippen LogP contribution < -0.4 is 10.2 Å². The Morgan fingerprint density at radius 2 is 1.89 bits per heavy atom. The summed E-state index contributed by atoms with van der Waals surface area (Å²) in [7, 11) is 0. The van der Waals surface area contributed by atoms with Gasteiger partial charge in [-0.1, -0.05) is 11.8 Å². The van der Waals surface area contributed by atoms with Crippen molar-refractivity contribution in [3.8, 4) is 11.8 Å². The van der Waals surface area contributed by atoms with Gasteiger partial charge in [-0.2, -0.15) is 0 Å². The van der Waals surface area contributed by atoms with Crippen molar-refractivity contribution in [2.24, 2.45) is 0 Å². The van der Waals surface area contributed by atoms with Crippen molar-refractivity contribution >= 4 is 23.4 Å². The van der Waals surface area contributed by atoms with E-state index in [1.54, 1.807) is 29.2 Å². The molecule has 8 heteroatoms. The first-order valence-corrected chi connectivity index (χ1v) is 8.10. The molecule has 0 aliphatic carbocycles. The van der Waals surface area contributed by atoms with Gasteiger partial charge in [-0.3, -0.25) is 19.8 Å². The van der Waals surface area contributed by atoms with Gasteiger partial charge in [-0.25, -0.2) is 4.79 Å². The molecule has 0 aromatic heterocycles. The highest BCUT2D eigenvalue weighted by Crippen LogP contribution is 2.18. The summed E-state index contributed by atoms with van der Waals surface area (Å²) in [6, 6.07) is 12.5. The number of cyclic esters (lactones) is 1. The molecule has 1 N–H and O–H groups in total. The smallest absolute Gasteiger partial charge is 0.414 e. The van der Waals surface area contributed by atoms with Crippen LogP contribution in [0.15, 0.2) is 48.5 Å². The van der Waals surface area contributed by atoms with Crippen molar-refractivity contribution in [3.63, 3.8) is 0 Å². The van der Waals surface area contributed by atoms with Crippen LogP contribution in [0.5, 0.6) is 0 Å². The third kappa shape index (κ3) is 4.41. The number of nitro groups is 1. The maximum atomic E-state index is 12.0. The molecule has 1 saturated heterocycles. The number of nitrogens with one attached hydrogen (secondary N) is 1. The van der Waals surface area contributed by atoms with Crippen LogP contribution in [-0.4, -0.2) is 36.6 Å². The molecule has 2 aromatic carbocycles. The second-order valence-corrected chi connectivity index (χ2v) is 5.60. The summed E-state index contributed by atoms with van der Waals surface area (Å²) in [6.45, 7) is 1.05. The fourth-order valence-corrected chi connectivity index (χ4v) is 2.46. The molecule has 3 rings (SSSR count). The number of nitro benzene ring substituents is 1. The van der Waals surface area contributed by atoms with Crippen molar-refractivity contribution < 1.29 is 19.2 Å². The van der Waals surface area contributed by atoms with Gasteiger partial charge in [0.25, 0.3) is 11.6 Å². The molecule has 2 aromatic rings. The minimum absolute atomic E-state index is 0.0722. The van der Waals surface area contributed by atoms with Crippen LogP contribution in [0.4, 0.5) is 16.2 Å². The van der Waals surface area contributed by atoms with E-state index in [1.807, 2.05) is 0 Å². The minimum atomic E-state index is -0.523. The molecule has 0 radical (unpaired) electrons. The number of carbonyl (C=O) groups is 2. The van der Waals surface area contributed by atoms with Gasteiger partial charge in [0.05, 0.1) is 18.0 Å². The second-order valence-electron chi connectivity index (χ2n) is 5.60. The van der Waals surface area contributed by atoms with Gasteiger partial charge in [-0.15, -0.1) is 0 Å². The molecule has 8 nitrogen and oxygen atoms in total. The number of hydrogen-bond donors (Lipinski definition) is 1. The highest BCUT2D eigenvalue weighted by Gasteiger charge is 2.23. The summed E-state index contributed by atoms with van der Waals surface area (Å²) in [6.07, 6.45) is -0.359. The maximum Gasteiger partial charge on any atom is 0.414 e. The standard InChI is InChI=1S/C19H15N3O5/c23-18(15-5-9-17(10-6-15)22(25)26)20-11-1-2-14-3-7-16(8-4-14)21-12-13-27-19(21)24/h3-10H,11-13H2,(H,20,23). The summed E-state index contributed by atoms with van der Waals surface area (Å²) >= 11 is 0. The Bertz CT molecular complexity index is 927. The van der Waals surface area contributed by atoms with Crippen LogP contribution >= 0.6 is 0 Å². The van der Waals surface area contributed by atoms with E-state index in [-0.39, 0.29) is 24.2 Å². The highest BCUT2D eigenvalue weighted by atomic mass is 16.6. The number of anilines is 1. The van der Waals surface area contributed by atoms with Crippen molar-refractivity contribution in [2.75, 3.05) is 24.6 Å². The zero-order chi connectivity index (χ0) is 19.2. The van der Waals surface area contributed by atoms with Crippen molar-refractivity contribution in [2.45, 2.75) is 0 Å². The van der Waals surface area contributed by atoms with Gasteiger partial charge in [-0.05, 0) is 36.4 Å². The largest absolute Gasteiger partial charge is 0.447 e. The fourth-order valence-electron chi connectivity index (χ4n) is 2.46. The van der Waals surface area contributed by atoms with Crippen LogP contribution in [0.3, 0.4) is 0 Å². The zero-order valence-electron chi connectivity index (χ0n) is 14.2. The predicted octanol–water partition coefficient (Wildman–Crippen LogP) is 2.33. The van der Waals surface area contributed by atoms with Crippen LogP contribution in [0.2, 0.25) is 0 Å². The quantitative estimate of drug-likeness (QED) is 0.509. The first kappa shape index (κ1) is 17.9. The number of rotatable bonds is 4. The monoisotopic (exact) mass is 365 g/mol. The molecule has 2 amide bonds. The van der Waals surface area contributed by atoms with Gasteiger partial charge >= 0.3 is 6.09 Å². The lowest BCUT2D eigenvalue weighted by Gasteiger charge is -2.11. The van der Waals surface area contributed by atoms with E-state index < -0.39 is 4.92 Å². The van der Waals surface area contributed by atoms with Gasteiger partial charge in [0.2, 0.25) is 0 Å². The summed E-state index contributed by atoms with van der Waals surface area (Å²) < 4.78 is 4.89. The molecular weight excluding hydrogens is 350 g/mol. The van der Waals surface area contributed by atoms with Crippen LogP contribution in [-0.2, 0) is 4.74 Å². The topological polar surface area (TPSA) is 102 Å². The second kappa shape index (κ2) is 8.01. The zero-order valence-corrected chi connectivity index (χ0v) is 14.2. The van der Waals surface area contributed by atoms with Gasteiger partial charge in [0.15, 0.2) is 0 Å². The van der Waals surface area contributed by atoms with Crippen molar-refractivity contribution in [1.29, 1.82) is 0 Å². The normalized spacial score (nSPS) is 12.7. The number of hydrogen-bond acceptors (Lipinski definition) is 5. The molecule has 0 bridgehead atoms. The molecule has 1 heterocycles. The number of nitrogens with zero attached hydrogens (tertiary/aromatic N) is 2. The van der Waals surface area contributed by atoms with E-state index in [9.17, 15) is 19.7 Å². The SMILES string of the molecule is O=C(NCC#Cc1ccc(N2CCOC2=O)cc1)c1ccc([N+](=O)[O-])cc1. The maximum absolute atomic E-state index is 12.0. The van der Waals surface area contributed by atoms with E-state index in [0.717, 1.165) is 11.3 Å². The minimum Gasteiger partial charge on any atom is -0.447 e. The molecule has 136 valence electrons. The molecule has 0 saturated carbocycles. The molecule has 0 unspecified atom stereocenters. The van der Waals surface area contributed by atoms with E-state index in [2.05, 4.69) is 17.2 Å². The van der Waals surface area contributed by atoms with Gasteiger partial charge < -0.3 is 10.1 Å². The molecule has 0 spiro atoms. The van der Waals surface area contributed by atoms with Crippen LogP contribution in [0.25, 0.3) is 0 Å². The summed E-state index contributed by atoms with van der Waals surface area (Å²) in [5, 5.41) is 13.2. The Morgan fingerprint density at radius 3 is 2.48 bits per heavy atom. The van der Waals surface area contributed by atoms with Crippen molar-refractivity contribution in [3.05, 3.63) is 69.8 Å². The van der Waals surface area contributed by atoms with Crippen molar-refractivity contribution in [1.82, 2.24) is 5.32 Å². The first-order chi connectivity index (χ1) is 13.0. The lowest BCUT2D eigenvalue weighted by molar-refractivity contribution is -0.384. The Balaban J connectivity index is 1.53. The lowest BCUT2D eigenvalue weighted by atomic mass is 10.2. The fraction of sp³-hybridized carbons (Fsp3) is 0.158. The third-order valence-corrected chi connectivity index (χ3v) is 3.85. The Morgan fingerprint density at radius 1 is 1.19 bits per heavy atom. The van der Waals surface area contributed by atoms with E-state index in [1.165, 1.54) is 24.3 Å². The Labute approximate surface area is 154 Å². The first-order valence-electron chi connectivity index (χ1n) is 8.10. The average Bonchev–Trinajstić information content (AvgIpc) is 3.11. The Hall–Kier alpha value is -3.86. The highest BCUT2D eigenvalue weighted by molar-refractivity contribution is 5.94. The molecule has 0 atom stereocenters. The Kier molecular flexibility index (Phi) is 5.33. The van der Waals surface area contributed by atoms with Crippen LogP contribution in [0, 0.1) is 22.0 Å². The number of ether oxygens (including phenoxy) is 1. The van der Waals surface area contributed by atoms with Crippen LogP contribution in [0.1, 0.15) is 15.9 Å². The molecule has 27 heavy (non-hydrogen) atoms. The molecular formula is C19H15N3O5. The third-order valence-electron chi connectivity index (χ3n) is 3.85. The summed E-state index contributed by atoms with van der Waals surface area (Å²) in [5.74, 6) is 5.39. The number of carbonyl (C=O) groups excluding carboxylic acids is 2. The lowest BCUT2D eigenvalue weighted by Crippen LogP contribution is -2.23. The van der Waals surface area contributed by atoms with Gasteiger partial charge in [0.1, 0.15) is 6.61 Å². The van der Waals surface area contributed by atoms with E-state index in [0.29, 0.717) is 18.7 Å². The van der Waals surface area contributed by atoms with E-state index >= 15 is 0 Å². The summed E-state index contributed by atoms with van der Waals surface area (Å²) in [5.41, 5.74) is 1.74. The van der Waals surface area contributed by atoms with E-state index in [4.69, 9.17) is 4.74 Å². The number of benzene rings is 2. The molecule has 1 fully saturated rings. The average molecular weight is 365 g/mol. The number of non-ortho nitro benzene ring substituents is 1. The molecule has 1 aliphatic rings. The summed E-state index contributed by atoms with van der Waals surface area (Å²) in [4.78, 5) is 35.1. The molecule has 1 aliphatic heterocycles. The van der Waals surface area contributed by atoms with Gasteiger partial charge in [0, 0.05) is 28.9 Å². The number of amides is 2. The predicted molar refractivity (Wildman–Crippen MR) is 97.4 cm³/mol.